The molecule has 0 atom stereocenters. The van der Waals surface area contributed by atoms with E-state index in [1.807, 2.05) is 6.07 Å². The first-order valence-corrected chi connectivity index (χ1v) is 8.25. The highest BCUT2D eigenvalue weighted by molar-refractivity contribution is 6.03. The number of ether oxygens (including phenoxy) is 1. The largest absolute Gasteiger partial charge is 0.466 e. The van der Waals surface area contributed by atoms with Gasteiger partial charge in [0.05, 0.1) is 17.8 Å². The molecule has 1 amide bonds. The maximum absolute atomic E-state index is 12.5. The van der Waals surface area contributed by atoms with Crippen LogP contribution in [0.15, 0.2) is 49.1 Å². The van der Waals surface area contributed by atoms with Gasteiger partial charge in [0.1, 0.15) is 17.7 Å². The van der Waals surface area contributed by atoms with E-state index in [-0.39, 0.29) is 17.3 Å². The Morgan fingerprint density at radius 1 is 1.17 bits per heavy atom. The van der Waals surface area contributed by atoms with Crippen LogP contribution in [-0.2, 0) is 0 Å². The Labute approximate surface area is 167 Å². The lowest BCUT2D eigenvalue weighted by Gasteiger charge is -2.12. The molecule has 0 saturated carbocycles. The van der Waals surface area contributed by atoms with Crippen LogP contribution in [0.2, 0.25) is 0 Å². The molecule has 152 valence electrons. The molecule has 0 fully saturated rings. The Bertz CT molecular complexity index is 1080. The molecule has 2 heterocycles. The predicted octanol–water partition coefficient (Wildman–Crippen LogP) is 3.08. The third-order valence-electron chi connectivity index (χ3n) is 3.45. The maximum Gasteiger partial charge on any atom is 0.422 e. The van der Waals surface area contributed by atoms with Crippen molar-refractivity contribution in [1.29, 1.82) is 5.26 Å². The van der Waals surface area contributed by atoms with E-state index in [0.29, 0.717) is 11.3 Å². The fraction of sp³-hybridized carbons (Fsp3) is 0.111. The zero-order chi connectivity index (χ0) is 21.6. The van der Waals surface area contributed by atoms with Crippen LogP contribution < -0.4 is 15.4 Å². The molecule has 30 heavy (non-hydrogen) atoms. The molecule has 0 aliphatic rings. The van der Waals surface area contributed by atoms with E-state index in [2.05, 4.69) is 35.3 Å². The fourth-order valence-electron chi connectivity index (χ4n) is 2.16. The molecule has 9 nitrogen and oxygen atoms in total. The highest BCUT2D eigenvalue weighted by Gasteiger charge is 2.29. The summed E-state index contributed by atoms with van der Waals surface area (Å²) in [4.78, 5) is 27.8. The Kier molecular flexibility index (Phi) is 6.02. The first-order valence-electron chi connectivity index (χ1n) is 8.25. The van der Waals surface area contributed by atoms with Crippen LogP contribution in [0.4, 0.5) is 30.5 Å². The number of carbonyl (C=O) groups excluding carboxylic acids is 1. The lowest BCUT2D eigenvalue weighted by molar-refractivity contribution is -0.153. The van der Waals surface area contributed by atoms with Crippen molar-refractivity contribution >= 4 is 23.2 Å². The Morgan fingerprint density at radius 2 is 1.93 bits per heavy atom. The van der Waals surface area contributed by atoms with Crippen LogP contribution in [0.25, 0.3) is 0 Å². The molecule has 1 aromatic carbocycles. The van der Waals surface area contributed by atoms with Gasteiger partial charge in [-0.15, -0.1) is 0 Å². The lowest BCUT2D eigenvalue weighted by Crippen LogP contribution is -2.21. The topological polar surface area (TPSA) is 126 Å². The summed E-state index contributed by atoms with van der Waals surface area (Å²) in [5.74, 6) is -1.06. The van der Waals surface area contributed by atoms with Crippen molar-refractivity contribution in [2.75, 3.05) is 17.2 Å². The van der Waals surface area contributed by atoms with Crippen molar-refractivity contribution in [2.24, 2.45) is 0 Å². The second-order valence-electron chi connectivity index (χ2n) is 5.68. The highest BCUT2D eigenvalue weighted by Crippen LogP contribution is 2.23. The number of halogens is 3. The van der Waals surface area contributed by atoms with Crippen molar-refractivity contribution < 1.29 is 22.7 Å². The summed E-state index contributed by atoms with van der Waals surface area (Å²) in [6.45, 7) is -1.57. The molecule has 2 aromatic heterocycles. The number of anilines is 3. The number of amides is 1. The first kappa shape index (κ1) is 20.5. The lowest BCUT2D eigenvalue weighted by atomic mass is 10.2. The molecule has 3 rings (SSSR count). The molecular formula is C18H12F3N7O2. The van der Waals surface area contributed by atoms with Gasteiger partial charge in [-0.05, 0) is 30.3 Å². The SMILES string of the molecule is N#Cc1ccc(Nc2nccc(C(=O)Nc3cncnc3OCC(F)(F)F)n2)cc1. The third kappa shape index (κ3) is 5.61. The Morgan fingerprint density at radius 3 is 2.63 bits per heavy atom. The summed E-state index contributed by atoms with van der Waals surface area (Å²) in [6, 6.07) is 9.78. The molecule has 0 unspecified atom stereocenters. The van der Waals surface area contributed by atoms with E-state index in [9.17, 15) is 18.0 Å². The fourth-order valence-corrected chi connectivity index (χ4v) is 2.16. The molecule has 0 saturated heterocycles. The second-order valence-corrected chi connectivity index (χ2v) is 5.68. The quantitative estimate of drug-likeness (QED) is 0.629. The first-order chi connectivity index (χ1) is 14.3. The molecule has 0 spiro atoms. The van der Waals surface area contributed by atoms with Gasteiger partial charge in [0.15, 0.2) is 6.61 Å². The summed E-state index contributed by atoms with van der Waals surface area (Å²) >= 11 is 0. The summed E-state index contributed by atoms with van der Waals surface area (Å²) in [6.07, 6.45) is -1.14. The summed E-state index contributed by atoms with van der Waals surface area (Å²) < 4.78 is 41.7. The minimum absolute atomic E-state index is 0.0632. The van der Waals surface area contributed by atoms with E-state index < -0.39 is 24.6 Å². The van der Waals surface area contributed by atoms with Crippen molar-refractivity contribution in [3.05, 3.63) is 60.3 Å². The monoisotopic (exact) mass is 415 g/mol. The van der Waals surface area contributed by atoms with Gasteiger partial charge in [0.25, 0.3) is 5.91 Å². The van der Waals surface area contributed by atoms with E-state index in [1.165, 1.54) is 12.3 Å². The molecule has 0 aliphatic carbocycles. The van der Waals surface area contributed by atoms with Gasteiger partial charge >= 0.3 is 6.18 Å². The predicted molar refractivity (Wildman–Crippen MR) is 98.0 cm³/mol. The number of hydrogen-bond acceptors (Lipinski definition) is 8. The molecule has 2 N–H and O–H groups in total. The third-order valence-corrected chi connectivity index (χ3v) is 3.45. The van der Waals surface area contributed by atoms with Gasteiger partial charge in [0.2, 0.25) is 11.8 Å². The van der Waals surface area contributed by atoms with Gasteiger partial charge in [-0.1, -0.05) is 0 Å². The molecule has 12 heteroatoms. The van der Waals surface area contributed by atoms with Crippen LogP contribution in [-0.4, -0.2) is 38.6 Å². The Hall–Kier alpha value is -4.27. The summed E-state index contributed by atoms with van der Waals surface area (Å²) in [5.41, 5.74) is 0.854. The van der Waals surface area contributed by atoms with E-state index in [4.69, 9.17) is 5.26 Å². The molecular weight excluding hydrogens is 403 g/mol. The highest BCUT2D eigenvalue weighted by atomic mass is 19.4. The summed E-state index contributed by atoms with van der Waals surface area (Å²) in [5, 5.41) is 14.1. The van der Waals surface area contributed by atoms with Crippen molar-refractivity contribution in [2.45, 2.75) is 6.18 Å². The zero-order valence-electron chi connectivity index (χ0n) is 15.0. The number of benzene rings is 1. The van der Waals surface area contributed by atoms with Crippen LogP contribution in [0.1, 0.15) is 16.1 Å². The number of aromatic nitrogens is 4. The average Bonchev–Trinajstić information content (AvgIpc) is 2.73. The maximum atomic E-state index is 12.5. The van der Waals surface area contributed by atoms with E-state index in [1.54, 1.807) is 24.3 Å². The van der Waals surface area contributed by atoms with Crippen molar-refractivity contribution in [3.8, 4) is 11.9 Å². The number of carbonyl (C=O) groups is 1. The van der Waals surface area contributed by atoms with E-state index in [0.717, 1.165) is 12.5 Å². The molecule has 3 aromatic rings. The number of nitrogens with one attached hydrogen (secondary N) is 2. The van der Waals surface area contributed by atoms with E-state index >= 15 is 0 Å². The van der Waals surface area contributed by atoms with Crippen molar-refractivity contribution in [1.82, 2.24) is 19.9 Å². The molecule has 0 bridgehead atoms. The average molecular weight is 415 g/mol. The standard InChI is InChI=1S/C18H12F3N7O2/c19-18(20,21)9-30-16-14(8-23-10-25-16)27-15(29)13-5-6-24-17(28-13)26-12-3-1-11(7-22)2-4-12/h1-6,8,10H,9H2,(H,27,29)(H,24,26,28). The summed E-state index contributed by atoms with van der Waals surface area (Å²) in [7, 11) is 0. The number of rotatable bonds is 6. The zero-order valence-corrected chi connectivity index (χ0v) is 15.0. The smallest absolute Gasteiger partial charge is 0.422 e. The van der Waals surface area contributed by atoms with Gasteiger partial charge < -0.3 is 15.4 Å². The van der Waals surface area contributed by atoms with Crippen molar-refractivity contribution in [3.63, 3.8) is 0 Å². The van der Waals surface area contributed by atoms with Gasteiger partial charge in [-0.2, -0.15) is 23.4 Å². The Balaban J connectivity index is 1.72. The van der Waals surface area contributed by atoms with Gasteiger partial charge in [-0.25, -0.2) is 15.0 Å². The van der Waals surface area contributed by atoms with Crippen LogP contribution >= 0.6 is 0 Å². The van der Waals surface area contributed by atoms with Crippen LogP contribution in [0.5, 0.6) is 5.88 Å². The van der Waals surface area contributed by atoms with Crippen LogP contribution in [0, 0.1) is 11.3 Å². The second kappa shape index (κ2) is 8.82. The number of nitrogens with zero attached hydrogens (tertiary/aromatic N) is 5. The van der Waals surface area contributed by atoms with Crippen LogP contribution in [0.3, 0.4) is 0 Å². The normalized spacial score (nSPS) is 10.7. The van der Waals surface area contributed by atoms with Gasteiger partial charge in [-0.3, -0.25) is 4.79 Å². The van der Waals surface area contributed by atoms with Gasteiger partial charge in [0, 0.05) is 11.9 Å². The molecule has 0 radical (unpaired) electrons. The molecule has 0 aliphatic heterocycles. The minimum Gasteiger partial charge on any atom is -0.466 e. The number of alkyl halides is 3. The number of hydrogen-bond donors (Lipinski definition) is 2. The number of nitriles is 1. The minimum atomic E-state index is -4.56.